The van der Waals surface area contributed by atoms with Gasteiger partial charge in [-0.05, 0) is 6.42 Å². The molecular weight excluding hydrogens is 158 g/mol. The Morgan fingerprint density at radius 2 is 1.92 bits per heavy atom. The molecule has 0 fully saturated rings. The first-order valence-electron chi connectivity index (χ1n) is 3.75. The first-order valence-corrected chi connectivity index (χ1v) is 3.75. The summed E-state index contributed by atoms with van der Waals surface area (Å²) in [6, 6.07) is 0. The Kier molecular flexibility index (Phi) is 10.8. The van der Waals surface area contributed by atoms with E-state index in [1.165, 1.54) is 0 Å². The number of nitrogens with zero attached hydrogens (tertiary/aromatic N) is 1. The summed E-state index contributed by atoms with van der Waals surface area (Å²) in [5.41, 5.74) is 10.1. The van der Waals surface area contributed by atoms with Crippen LogP contribution in [0.5, 0.6) is 0 Å². The highest BCUT2D eigenvalue weighted by atomic mass is 16.4. The summed E-state index contributed by atoms with van der Waals surface area (Å²) < 4.78 is 0. The number of nitrogens with two attached hydrogens (primary N) is 2. The Labute approximate surface area is 72.5 Å². The summed E-state index contributed by atoms with van der Waals surface area (Å²) in [5, 5.41) is 7.42. The Bertz CT molecular complexity index is 138. The van der Waals surface area contributed by atoms with Crippen molar-refractivity contribution in [2.45, 2.75) is 26.7 Å². The monoisotopic (exact) mass is 175 g/mol. The third kappa shape index (κ3) is 37.4. The second-order valence-corrected chi connectivity index (χ2v) is 2.18. The average Bonchev–Trinajstić information content (AvgIpc) is 1.86. The summed E-state index contributed by atoms with van der Waals surface area (Å²) >= 11 is 0. The highest BCUT2D eigenvalue weighted by molar-refractivity contribution is 5.75. The van der Waals surface area contributed by atoms with Crippen LogP contribution in [-0.4, -0.2) is 23.6 Å². The lowest BCUT2D eigenvalue weighted by atomic mass is 10.3. The van der Waals surface area contributed by atoms with Crippen molar-refractivity contribution in [1.29, 1.82) is 0 Å². The van der Waals surface area contributed by atoms with Gasteiger partial charge >= 0.3 is 0 Å². The number of guanidine groups is 1. The zero-order chi connectivity index (χ0) is 9.98. The lowest BCUT2D eigenvalue weighted by Gasteiger charge is -1.89. The van der Waals surface area contributed by atoms with Crippen molar-refractivity contribution in [2.24, 2.45) is 16.5 Å². The van der Waals surface area contributed by atoms with Crippen molar-refractivity contribution in [3.05, 3.63) is 0 Å². The predicted octanol–water partition coefficient (Wildman–Crippen LogP) is 0.151. The topological polar surface area (TPSA) is 102 Å². The van der Waals surface area contributed by atoms with E-state index in [1.807, 2.05) is 0 Å². The third-order valence-electron chi connectivity index (χ3n) is 0.806. The summed E-state index contributed by atoms with van der Waals surface area (Å²) in [6.45, 7) is 3.95. The normalized spacial score (nSPS) is 7.83. The fraction of sp³-hybridized carbons (Fsp3) is 0.714. The van der Waals surface area contributed by atoms with Crippen LogP contribution in [0.2, 0.25) is 0 Å². The number of aliphatic carboxylic acids is 1. The smallest absolute Gasteiger partial charge is 0.300 e. The number of unbranched alkanes of at least 4 members (excludes halogenated alkanes) is 1. The van der Waals surface area contributed by atoms with Crippen LogP contribution >= 0.6 is 0 Å². The minimum absolute atomic E-state index is 0.193. The minimum atomic E-state index is -0.833. The Morgan fingerprint density at radius 1 is 1.50 bits per heavy atom. The first-order chi connectivity index (χ1) is 5.50. The molecule has 0 radical (unpaired) electrons. The molecule has 0 aromatic carbocycles. The molecule has 0 rings (SSSR count). The lowest BCUT2D eigenvalue weighted by molar-refractivity contribution is -0.134. The standard InChI is InChI=1S/C5H13N3.C2H4O2/c1-2-3-4-8-5(6)7;1-2(3)4/h2-4H2,1H3,(H4,6,7,8);1H3,(H,3,4). The van der Waals surface area contributed by atoms with E-state index in [0.717, 1.165) is 26.3 Å². The third-order valence-corrected chi connectivity index (χ3v) is 0.806. The quantitative estimate of drug-likeness (QED) is 0.323. The molecule has 5 heteroatoms. The van der Waals surface area contributed by atoms with Crippen LogP contribution in [0.1, 0.15) is 26.7 Å². The molecule has 5 nitrogen and oxygen atoms in total. The van der Waals surface area contributed by atoms with E-state index in [0.29, 0.717) is 0 Å². The number of carboxylic acids is 1. The SMILES string of the molecule is CC(=O)O.CCCCN=C(N)N. The molecule has 72 valence electrons. The van der Waals surface area contributed by atoms with E-state index in [-0.39, 0.29) is 5.96 Å². The van der Waals surface area contributed by atoms with E-state index in [9.17, 15) is 0 Å². The van der Waals surface area contributed by atoms with Gasteiger partial charge in [0.2, 0.25) is 0 Å². The molecule has 0 aliphatic heterocycles. The van der Waals surface area contributed by atoms with Crippen LogP contribution in [0.3, 0.4) is 0 Å². The Morgan fingerprint density at radius 3 is 2.17 bits per heavy atom. The molecular formula is C7H17N3O2. The average molecular weight is 175 g/mol. The van der Waals surface area contributed by atoms with Gasteiger partial charge in [-0.1, -0.05) is 13.3 Å². The molecule has 0 aliphatic carbocycles. The zero-order valence-corrected chi connectivity index (χ0v) is 7.58. The van der Waals surface area contributed by atoms with E-state index < -0.39 is 5.97 Å². The number of aliphatic imine (C=N–C) groups is 1. The Balaban J connectivity index is 0. The highest BCUT2D eigenvalue weighted by Gasteiger charge is 1.79. The molecule has 0 aromatic rings. The van der Waals surface area contributed by atoms with Crippen LogP contribution < -0.4 is 11.5 Å². The van der Waals surface area contributed by atoms with Gasteiger partial charge in [0.05, 0.1) is 0 Å². The molecule has 0 saturated carbocycles. The van der Waals surface area contributed by atoms with E-state index >= 15 is 0 Å². The van der Waals surface area contributed by atoms with Crippen LogP contribution in [0.4, 0.5) is 0 Å². The van der Waals surface area contributed by atoms with Crippen molar-refractivity contribution in [1.82, 2.24) is 0 Å². The van der Waals surface area contributed by atoms with Crippen molar-refractivity contribution < 1.29 is 9.90 Å². The van der Waals surface area contributed by atoms with Crippen molar-refractivity contribution in [2.75, 3.05) is 6.54 Å². The number of hydrogen-bond donors (Lipinski definition) is 3. The van der Waals surface area contributed by atoms with Gasteiger partial charge in [-0.25, -0.2) is 0 Å². The number of carboxylic acid groups (broad SMARTS) is 1. The maximum absolute atomic E-state index is 9.00. The van der Waals surface area contributed by atoms with Crippen molar-refractivity contribution >= 4 is 11.9 Å². The second-order valence-electron chi connectivity index (χ2n) is 2.18. The number of carbonyl (C=O) groups is 1. The minimum Gasteiger partial charge on any atom is -0.481 e. The maximum Gasteiger partial charge on any atom is 0.300 e. The molecule has 0 heterocycles. The molecule has 0 unspecified atom stereocenters. The predicted molar refractivity (Wildman–Crippen MR) is 48.9 cm³/mol. The van der Waals surface area contributed by atoms with Crippen molar-refractivity contribution in [3.8, 4) is 0 Å². The summed E-state index contributed by atoms with van der Waals surface area (Å²) in [4.78, 5) is 12.8. The van der Waals surface area contributed by atoms with E-state index in [1.54, 1.807) is 0 Å². The largest absolute Gasteiger partial charge is 0.481 e. The molecule has 0 saturated heterocycles. The molecule has 0 aliphatic rings. The van der Waals surface area contributed by atoms with Gasteiger partial charge in [0.1, 0.15) is 0 Å². The summed E-state index contributed by atoms with van der Waals surface area (Å²) in [7, 11) is 0. The van der Waals surface area contributed by atoms with Gasteiger partial charge in [0, 0.05) is 13.5 Å². The van der Waals surface area contributed by atoms with Gasteiger partial charge < -0.3 is 16.6 Å². The number of rotatable bonds is 3. The fourth-order valence-corrected chi connectivity index (χ4v) is 0.366. The van der Waals surface area contributed by atoms with Gasteiger partial charge in [-0.3, -0.25) is 9.79 Å². The molecule has 0 aromatic heterocycles. The van der Waals surface area contributed by atoms with E-state index in [2.05, 4.69) is 11.9 Å². The van der Waals surface area contributed by atoms with Crippen LogP contribution in [0.25, 0.3) is 0 Å². The van der Waals surface area contributed by atoms with Gasteiger partial charge in [0.15, 0.2) is 5.96 Å². The highest BCUT2D eigenvalue weighted by Crippen LogP contribution is 1.84. The fourth-order valence-electron chi connectivity index (χ4n) is 0.366. The zero-order valence-electron chi connectivity index (χ0n) is 7.58. The number of hydrogen-bond acceptors (Lipinski definition) is 2. The molecule has 5 N–H and O–H groups in total. The lowest BCUT2D eigenvalue weighted by Crippen LogP contribution is -2.22. The summed E-state index contributed by atoms with van der Waals surface area (Å²) in [5.74, 6) is -0.640. The Hall–Kier alpha value is -1.26. The van der Waals surface area contributed by atoms with Crippen LogP contribution in [0, 0.1) is 0 Å². The van der Waals surface area contributed by atoms with Crippen LogP contribution in [0.15, 0.2) is 4.99 Å². The maximum atomic E-state index is 9.00. The van der Waals surface area contributed by atoms with Gasteiger partial charge in [0.25, 0.3) is 5.97 Å². The molecule has 12 heavy (non-hydrogen) atoms. The summed E-state index contributed by atoms with van der Waals surface area (Å²) in [6.07, 6.45) is 2.20. The molecule has 0 amide bonds. The van der Waals surface area contributed by atoms with Gasteiger partial charge in [-0.15, -0.1) is 0 Å². The molecule has 0 bridgehead atoms. The molecule has 0 atom stereocenters. The second kappa shape index (κ2) is 9.74. The molecule has 0 spiro atoms. The van der Waals surface area contributed by atoms with Crippen molar-refractivity contribution in [3.63, 3.8) is 0 Å². The van der Waals surface area contributed by atoms with Gasteiger partial charge in [-0.2, -0.15) is 0 Å². The first kappa shape index (κ1) is 13.3. The van der Waals surface area contributed by atoms with Crippen LogP contribution in [-0.2, 0) is 4.79 Å². The van der Waals surface area contributed by atoms with E-state index in [4.69, 9.17) is 21.4 Å².